The van der Waals surface area contributed by atoms with Gasteiger partial charge in [-0.15, -0.1) is 11.3 Å². The molecule has 4 heteroatoms. The highest BCUT2D eigenvalue weighted by Gasteiger charge is 2.05. The van der Waals surface area contributed by atoms with Gasteiger partial charge in [0.25, 0.3) is 0 Å². The number of thiophene rings is 1. The molecule has 1 aromatic carbocycles. The molecule has 3 nitrogen and oxygen atoms in total. The van der Waals surface area contributed by atoms with Crippen molar-refractivity contribution in [1.29, 1.82) is 0 Å². The fourth-order valence-electron chi connectivity index (χ4n) is 1.67. The van der Waals surface area contributed by atoms with Gasteiger partial charge >= 0.3 is 0 Å². The van der Waals surface area contributed by atoms with Crippen LogP contribution in [-0.4, -0.2) is 30.5 Å². The topological polar surface area (TPSA) is 41.5 Å². The maximum atomic E-state index is 9.75. The van der Waals surface area contributed by atoms with E-state index in [1.807, 2.05) is 19.9 Å². The van der Waals surface area contributed by atoms with Gasteiger partial charge in [0.2, 0.25) is 0 Å². The van der Waals surface area contributed by atoms with Crippen molar-refractivity contribution in [3.8, 4) is 0 Å². The van der Waals surface area contributed by atoms with Crippen molar-refractivity contribution < 1.29 is 9.84 Å². The van der Waals surface area contributed by atoms with E-state index in [9.17, 15) is 5.11 Å². The fraction of sp³-hybridized carbons (Fsp3) is 0.429. The summed E-state index contributed by atoms with van der Waals surface area (Å²) in [5.41, 5.74) is 1.03. The summed E-state index contributed by atoms with van der Waals surface area (Å²) in [6.07, 6.45) is -0.327. The second-order valence-corrected chi connectivity index (χ2v) is 5.54. The quantitative estimate of drug-likeness (QED) is 0.843. The Hall–Kier alpha value is -1.10. The number of anilines is 1. The minimum Gasteiger partial charge on any atom is -0.389 e. The lowest BCUT2D eigenvalue weighted by Gasteiger charge is -2.15. The van der Waals surface area contributed by atoms with Gasteiger partial charge in [0.1, 0.15) is 0 Å². The Morgan fingerprint density at radius 1 is 1.33 bits per heavy atom. The third-order valence-corrected chi connectivity index (χ3v) is 3.51. The lowest BCUT2D eigenvalue weighted by atomic mass is 10.2. The number of nitrogens with one attached hydrogen (secondary N) is 1. The molecule has 98 valence electrons. The summed E-state index contributed by atoms with van der Waals surface area (Å²) < 4.78 is 6.64. The van der Waals surface area contributed by atoms with Crippen LogP contribution in [0.25, 0.3) is 10.1 Å². The first-order valence-electron chi connectivity index (χ1n) is 6.16. The first kappa shape index (κ1) is 13.3. The van der Waals surface area contributed by atoms with E-state index in [-0.39, 0.29) is 6.10 Å². The van der Waals surface area contributed by atoms with Gasteiger partial charge < -0.3 is 15.2 Å². The van der Waals surface area contributed by atoms with E-state index in [2.05, 4.69) is 28.9 Å². The maximum absolute atomic E-state index is 9.75. The molecule has 0 spiro atoms. The standard InChI is InChI=1S/C14H19NO2S/c1-10(2)17-9-13(16)8-15-12-3-4-14-11(7-12)5-6-18-14/h3-7,10,13,15-16H,8-9H2,1-2H3. The van der Waals surface area contributed by atoms with E-state index < -0.39 is 6.10 Å². The van der Waals surface area contributed by atoms with Gasteiger partial charge in [0.05, 0.1) is 18.8 Å². The van der Waals surface area contributed by atoms with Crippen molar-refractivity contribution in [3.05, 3.63) is 29.6 Å². The highest BCUT2D eigenvalue weighted by Crippen LogP contribution is 2.23. The Bertz CT molecular complexity index is 495. The summed E-state index contributed by atoms with van der Waals surface area (Å²) >= 11 is 1.73. The molecule has 2 rings (SSSR count). The van der Waals surface area contributed by atoms with E-state index in [0.29, 0.717) is 13.2 Å². The van der Waals surface area contributed by atoms with Crippen LogP contribution in [0.4, 0.5) is 5.69 Å². The molecule has 0 aliphatic carbocycles. The number of fused-ring (bicyclic) bond motifs is 1. The highest BCUT2D eigenvalue weighted by molar-refractivity contribution is 7.17. The van der Waals surface area contributed by atoms with Crippen molar-refractivity contribution in [3.63, 3.8) is 0 Å². The molecule has 0 saturated carbocycles. The Kier molecular flexibility index (Phi) is 4.58. The lowest BCUT2D eigenvalue weighted by Crippen LogP contribution is -2.26. The molecular formula is C14H19NO2S. The van der Waals surface area contributed by atoms with Gasteiger partial charge in [0.15, 0.2) is 0 Å². The molecule has 0 amide bonds. The van der Waals surface area contributed by atoms with Crippen molar-refractivity contribution in [2.24, 2.45) is 0 Å². The molecule has 0 radical (unpaired) electrons. The van der Waals surface area contributed by atoms with Crippen LogP contribution in [-0.2, 0) is 4.74 Å². The molecule has 0 fully saturated rings. The number of benzene rings is 1. The van der Waals surface area contributed by atoms with Crippen molar-refractivity contribution in [2.75, 3.05) is 18.5 Å². The van der Waals surface area contributed by atoms with E-state index in [0.717, 1.165) is 5.69 Å². The third kappa shape index (κ3) is 3.70. The van der Waals surface area contributed by atoms with Crippen LogP contribution in [0, 0.1) is 0 Å². The second-order valence-electron chi connectivity index (χ2n) is 4.59. The maximum Gasteiger partial charge on any atom is 0.0945 e. The van der Waals surface area contributed by atoms with Crippen LogP contribution in [0.3, 0.4) is 0 Å². The average Bonchev–Trinajstić information content (AvgIpc) is 2.81. The molecule has 1 aromatic heterocycles. The summed E-state index contributed by atoms with van der Waals surface area (Å²) in [5, 5.41) is 16.3. The smallest absolute Gasteiger partial charge is 0.0945 e. The van der Waals surface area contributed by atoms with Crippen LogP contribution in [0.2, 0.25) is 0 Å². The number of ether oxygens (including phenoxy) is 1. The van der Waals surface area contributed by atoms with E-state index >= 15 is 0 Å². The van der Waals surface area contributed by atoms with E-state index in [1.165, 1.54) is 10.1 Å². The molecule has 1 atom stereocenters. The average molecular weight is 265 g/mol. The van der Waals surface area contributed by atoms with Crippen LogP contribution in [0.15, 0.2) is 29.6 Å². The monoisotopic (exact) mass is 265 g/mol. The summed E-state index contributed by atoms with van der Waals surface area (Å²) in [4.78, 5) is 0. The first-order chi connectivity index (χ1) is 8.65. The first-order valence-corrected chi connectivity index (χ1v) is 7.04. The minimum absolute atomic E-state index is 0.154. The molecule has 2 N–H and O–H groups in total. The van der Waals surface area contributed by atoms with Crippen LogP contribution in [0.1, 0.15) is 13.8 Å². The lowest BCUT2D eigenvalue weighted by molar-refractivity contribution is 0.0112. The number of rotatable bonds is 6. The molecular weight excluding hydrogens is 246 g/mol. The largest absolute Gasteiger partial charge is 0.389 e. The molecule has 1 heterocycles. The van der Waals surface area contributed by atoms with Gasteiger partial charge in [-0.25, -0.2) is 0 Å². The predicted molar refractivity (Wildman–Crippen MR) is 77.4 cm³/mol. The predicted octanol–water partition coefficient (Wildman–Crippen LogP) is 3.10. The van der Waals surface area contributed by atoms with Crippen molar-refractivity contribution >= 4 is 27.1 Å². The SMILES string of the molecule is CC(C)OCC(O)CNc1ccc2sccc2c1. The molecule has 0 aliphatic rings. The van der Waals surface area contributed by atoms with E-state index in [1.54, 1.807) is 11.3 Å². The number of hydrogen-bond donors (Lipinski definition) is 2. The zero-order valence-corrected chi connectivity index (χ0v) is 11.5. The Morgan fingerprint density at radius 2 is 2.17 bits per heavy atom. The van der Waals surface area contributed by atoms with E-state index in [4.69, 9.17) is 4.74 Å². The molecule has 2 aromatic rings. The number of aliphatic hydroxyl groups excluding tert-OH is 1. The van der Waals surface area contributed by atoms with Crippen LogP contribution in [0.5, 0.6) is 0 Å². The van der Waals surface area contributed by atoms with Crippen molar-refractivity contribution in [1.82, 2.24) is 0 Å². The second kappa shape index (κ2) is 6.18. The minimum atomic E-state index is -0.481. The Morgan fingerprint density at radius 3 is 2.94 bits per heavy atom. The molecule has 1 unspecified atom stereocenters. The normalized spacial score (nSPS) is 13.1. The summed E-state index contributed by atoms with van der Waals surface area (Å²) in [5.74, 6) is 0. The molecule has 0 saturated heterocycles. The number of aliphatic hydroxyl groups is 1. The van der Waals surface area contributed by atoms with Gasteiger partial charge in [-0.1, -0.05) is 0 Å². The zero-order valence-electron chi connectivity index (χ0n) is 10.7. The van der Waals surface area contributed by atoms with Gasteiger partial charge in [-0.2, -0.15) is 0 Å². The summed E-state index contributed by atoms with van der Waals surface area (Å²) in [7, 11) is 0. The summed E-state index contributed by atoms with van der Waals surface area (Å²) in [6, 6.07) is 8.33. The molecule has 18 heavy (non-hydrogen) atoms. The third-order valence-electron chi connectivity index (χ3n) is 2.62. The Balaban J connectivity index is 1.85. The van der Waals surface area contributed by atoms with Crippen molar-refractivity contribution in [2.45, 2.75) is 26.1 Å². The summed E-state index contributed by atoms with van der Waals surface area (Å²) in [6.45, 7) is 4.79. The van der Waals surface area contributed by atoms with Gasteiger partial charge in [-0.05, 0) is 48.9 Å². The Labute approximate surface area is 111 Å². The van der Waals surface area contributed by atoms with Crippen LogP contribution < -0.4 is 5.32 Å². The van der Waals surface area contributed by atoms with Gasteiger partial charge in [-0.3, -0.25) is 0 Å². The molecule has 0 bridgehead atoms. The highest BCUT2D eigenvalue weighted by atomic mass is 32.1. The zero-order chi connectivity index (χ0) is 13.0. The number of hydrogen-bond acceptors (Lipinski definition) is 4. The van der Waals surface area contributed by atoms with Crippen LogP contribution >= 0.6 is 11.3 Å². The fourth-order valence-corrected chi connectivity index (χ4v) is 2.45. The van der Waals surface area contributed by atoms with Gasteiger partial charge in [0, 0.05) is 16.9 Å². The molecule has 0 aliphatic heterocycles.